The highest BCUT2D eigenvalue weighted by Gasteiger charge is 2.06. The number of methoxy groups -OCH3 is 1. The van der Waals surface area contributed by atoms with Crippen molar-refractivity contribution in [3.05, 3.63) is 76.1 Å². The van der Waals surface area contributed by atoms with Gasteiger partial charge in [-0.05, 0) is 35.9 Å². The molecule has 4 nitrogen and oxygen atoms in total. The molecule has 0 bridgehead atoms. The Balaban J connectivity index is 1.93. The second-order valence-corrected chi connectivity index (χ2v) is 5.17. The number of esters is 2. The maximum atomic E-state index is 13.6. The molecule has 0 amide bonds. The number of carbonyl (C=O) groups excluding carboxylic acids is 2. The molecule has 0 heterocycles. The van der Waals surface area contributed by atoms with Gasteiger partial charge in [0.25, 0.3) is 0 Å². The fourth-order valence-electron chi connectivity index (χ4n) is 1.88. The molecule has 6 heteroatoms. The molecule has 0 aliphatic carbocycles. The van der Waals surface area contributed by atoms with E-state index in [2.05, 4.69) is 4.74 Å². The first kappa shape index (κ1) is 17.7. The van der Waals surface area contributed by atoms with Gasteiger partial charge in [-0.15, -0.1) is 0 Å². The standard InChI is InChI=1S/C18H14ClFO4/c1-23-18(22)13-7-5-12(6-8-13)11-24-17(21)10-9-14-15(19)3-2-4-16(14)20/h2-10H,11H2,1H3/b10-9+. The largest absolute Gasteiger partial charge is 0.465 e. The summed E-state index contributed by atoms with van der Waals surface area (Å²) in [4.78, 5) is 23.0. The molecule has 24 heavy (non-hydrogen) atoms. The van der Waals surface area contributed by atoms with Crippen LogP contribution in [-0.2, 0) is 20.9 Å². The number of hydrogen-bond donors (Lipinski definition) is 0. The third-order valence-electron chi connectivity index (χ3n) is 3.14. The van der Waals surface area contributed by atoms with Crippen molar-refractivity contribution in [2.75, 3.05) is 7.11 Å². The molecule has 0 saturated carbocycles. The Morgan fingerprint density at radius 3 is 2.50 bits per heavy atom. The van der Waals surface area contributed by atoms with Crippen LogP contribution in [0.25, 0.3) is 6.08 Å². The van der Waals surface area contributed by atoms with Crippen molar-refractivity contribution >= 4 is 29.6 Å². The van der Waals surface area contributed by atoms with Gasteiger partial charge in [0.15, 0.2) is 0 Å². The molecule has 0 spiro atoms. The average molecular weight is 349 g/mol. The summed E-state index contributed by atoms with van der Waals surface area (Å²) < 4.78 is 23.2. The Kier molecular flexibility index (Phi) is 6.09. The minimum absolute atomic E-state index is 0.0234. The van der Waals surface area contributed by atoms with Crippen molar-refractivity contribution in [2.24, 2.45) is 0 Å². The van der Waals surface area contributed by atoms with Gasteiger partial charge in [-0.25, -0.2) is 14.0 Å². The van der Waals surface area contributed by atoms with E-state index < -0.39 is 17.8 Å². The topological polar surface area (TPSA) is 52.6 Å². The van der Waals surface area contributed by atoms with Crippen LogP contribution in [0, 0.1) is 5.82 Å². The Labute approximate surface area is 143 Å². The molecular formula is C18H14ClFO4. The maximum absolute atomic E-state index is 13.6. The summed E-state index contributed by atoms with van der Waals surface area (Å²) in [5, 5.41) is 0.206. The van der Waals surface area contributed by atoms with E-state index in [1.807, 2.05) is 0 Å². The minimum Gasteiger partial charge on any atom is -0.465 e. The second-order valence-electron chi connectivity index (χ2n) is 4.76. The number of benzene rings is 2. The summed E-state index contributed by atoms with van der Waals surface area (Å²) in [7, 11) is 1.30. The van der Waals surface area contributed by atoms with Crippen molar-refractivity contribution < 1.29 is 23.5 Å². The molecule has 124 valence electrons. The van der Waals surface area contributed by atoms with Gasteiger partial charge < -0.3 is 9.47 Å². The molecule has 0 N–H and O–H groups in total. The van der Waals surface area contributed by atoms with Crippen LogP contribution < -0.4 is 0 Å². The number of halogens is 2. The molecule has 0 atom stereocenters. The van der Waals surface area contributed by atoms with E-state index in [4.69, 9.17) is 16.3 Å². The van der Waals surface area contributed by atoms with Gasteiger partial charge in [-0.1, -0.05) is 29.8 Å². The Hall–Kier alpha value is -2.66. The van der Waals surface area contributed by atoms with Gasteiger partial charge in [0, 0.05) is 11.6 Å². The molecule has 0 aliphatic rings. The normalized spacial score (nSPS) is 10.6. The summed E-state index contributed by atoms with van der Waals surface area (Å²) in [6, 6.07) is 10.7. The number of carbonyl (C=O) groups is 2. The van der Waals surface area contributed by atoms with E-state index in [0.717, 1.165) is 6.08 Å². The lowest BCUT2D eigenvalue weighted by molar-refractivity contribution is -0.138. The van der Waals surface area contributed by atoms with Gasteiger partial charge in [0.05, 0.1) is 17.7 Å². The van der Waals surface area contributed by atoms with Gasteiger partial charge in [0.1, 0.15) is 12.4 Å². The van der Waals surface area contributed by atoms with Crippen molar-refractivity contribution in [2.45, 2.75) is 6.61 Å². The molecule has 2 aromatic rings. The zero-order chi connectivity index (χ0) is 17.5. The summed E-state index contributed by atoms with van der Waals surface area (Å²) in [5.74, 6) is -1.60. The van der Waals surface area contributed by atoms with Crippen molar-refractivity contribution in [3.8, 4) is 0 Å². The SMILES string of the molecule is COC(=O)c1ccc(COC(=O)/C=C/c2c(F)cccc2Cl)cc1. The lowest BCUT2D eigenvalue weighted by Crippen LogP contribution is -2.03. The highest BCUT2D eigenvalue weighted by Crippen LogP contribution is 2.20. The molecule has 0 saturated heterocycles. The van der Waals surface area contributed by atoms with Crippen LogP contribution in [0.5, 0.6) is 0 Å². The molecular weight excluding hydrogens is 335 g/mol. The van der Waals surface area contributed by atoms with E-state index in [1.165, 1.54) is 31.4 Å². The Bertz CT molecular complexity index is 749. The first-order chi connectivity index (χ1) is 11.5. The highest BCUT2D eigenvalue weighted by molar-refractivity contribution is 6.32. The van der Waals surface area contributed by atoms with E-state index >= 15 is 0 Å². The highest BCUT2D eigenvalue weighted by atomic mass is 35.5. The molecule has 0 aliphatic heterocycles. The number of rotatable bonds is 5. The fraction of sp³-hybridized carbons (Fsp3) is 0.111. The third-order valence-corrected chi connectivity index (χ3v) is 3.47. The van der Waals surface area contributed by atoms with Gasteiger partial charge in [-0.3, -0.25) is 0 Å². The summed E-state index contributed by atoms with van der Waals surface area (Å²) in [6.45, 7) is 0.0234. The lowest BCUT2D eigenvalue weighted by atomic mass is 10.1. The van der Waals surface area contributed by atoms with Crippen molar-refractivity contribution in [1.29, 1.82) is 0 Å². The molecule has 0 radical (unpaired) electrons. The number of hydrogen-bond acceptors (Lipinski definition) is 4. The summed E-state index contributed by atoms with van der Waals surface area (Å²) in [5.41, 5.74) is 1.23. The van der Waals surface area contributed by atoms with E-state index in [0.29, 0.717) is 11.1 Å². The summed E-state index contributed by atoms with van der Waals surface area (Å²) >= 11 is 5.86. The monoisotopic (exact) mass is 348 g/mol. The average Bonchev–Trinajstić information content (AvgIpc) is 2.59. The quantitative estimate of drug-likeness (QED) is 0.605. The van der Waals surface area contributed by atoms with Crippen LogP contribution in [0.1, 0.15) is 21.5 Å². The van der Waals surface area contributed by atoms with Crippen LogP contribution in [0.4, 0.5) is 4.39 Å². The second kappa shape index (κ2) is 8.26. The van der Waals surface area contributed by atoms with Crippen molar-refractivity contribution in [1.82, 2.24) is 0 Å². The minimum atomic E-state index is -0.633. The molecule has 0 unspecified atom stereocenters. The lowest BCUT2D eigenvalue weighted by Gasteiger charge is -2.04. The summed E-state index contributed by atoms with van der Waals surface area (Å²) in [6.07, 6.45) is 2.37. The Morgan fingerprint density at radius 1 is 1.17 bits per heavy atom. The van der Waals surface area contributed by atoms with E-state index in [-0.39, 0.29) is 17.2 Å². The fourth-order valence-corrected chi connectivity index (χ4v) is 2.10. The first-order valence-corrected chi connectivity index (χ1v) is 7.35. The molecule has 0 fully saturated rings. The van der Waals surface area contributed by atoms with Crippen LogP contribution >= 0.6 is 11.6 Å². The van der Waals surface area contributed by atoms with E-state index in [9.17, 15) is 14.0 Å². The van der Waals surface area contributed by atoms with Crippen LogP contribution in [-0.4, -0.2) is 19.0 Å². The molecule has 0 aromatic heterocycles. The van der Waals surface area contributed by atoms with Gasteiger partial charge >= 0.3 is 11.9 Å². The third kappa shape index (κ3) is 4.67. The zero-order valence-electron chi connectivity index (χ0n) is 12.8. The number of ether oxygens (including phenoxy) is 2. The Morgan fingerprint density at radius 2 is 1.88 bits per heavy atom. The maximum Gasteiger partial charge on any atom is 0.337 e. The molecule has 2 aromatic carbocycles. The first-order valence-electron chi connectivity index (χ1n) is 6.97. The van der Waals surface area contributed by atoms with Gasteiger partial charge in [-0.2, -0.15) is 0 Å². The smallest absolute Gasteiger partial charge is 0.337 e. The molecule has 2 rings (SSSR count). The zero-order valence-corrected chi connectivity index (χ0v) is 13.5. The predicted molar refractivity (Wildman–Crippen MR) is 88.0 cm³/mol. The van der Waals surface area contributed by atoms with E-state index in [1.54, 1.807) is 24.3 Å². The van der Waals surface area contributed by atoms with Gasteiger partial charge in [0.2, 0.25) is 0 Å². The van der Waals surface area contributed by atoms with Crippen LogP contribution in [0.2, 0.25) is 5.02 Å². The predicted octanol–water partition coefficient (Wildman–Crippen LogP) is 4.02. The van der Waals surface area contributed by atoms with Crippen LogP contribution in [0.3, 0.4) is 0 Å². The van der Waals surface area contributed by atoms with Crippen LogP contribution in [0.15, 0.2) is 48.5 Å². The van der Waals surface area contributed by atoms with Crippen molar-refractivity contribution in [3.63, 3.8) is 0 Å².